The number of carboxylic acid groups (broad SMARTS) is 1. The third-order valence-corrected chi connectivity index (χ3v) is 4.83. The number of thiocarbonyl (C=S) groups is 1. The second-order valence-electron chi connectivity index (χ2n) is 5.27. The van der Waals surface area contributed by atoms with E-state index in [1.165, 1.54) is 29.2 Å². The molecule has 1 heterocycles. The highest BCUT2D eigenvalue weighted by atomic mass is 32.2. The molecule has 2 rings (SSSR count). The molecule has 1 aromatic carbocycles. The molecule has 1 aromatic rings. The summed E-state index contributed by atoms with van der Waals surface area (Å²) in [4.78, 5) is 24.3. The van der Waals surface area contributed by atoms with E-state index in [0.717, 1.165) is 17.8 Å². The first kappa shape index (κ1) is 19.5. The number of carboxylic acids is 1. The third kappa shape index (κ3) is 5.05. The lowest BCUT2D eigenvalue weighted by Crippen LogP contribution is -2.29. The molecular weight excluding hydrogens is 375 g/mol. The maximum atomic E-state index is 13.0. The van der Waals surface area contributed by atoms with Gasteiger partial charge in [0, 0.05) is 13.0 Å². The van der Waals surface area contributed by atoms with Gasteiger partial charge in [-0.1, -0.05) is 42.2 Å². The SMILES string of the molecule is O=C(O)CCCCN1C(=O)/C(=C\c2ccccc2C(F)(F)F)SC1=S. The maximum absolute atomic E-state index is 13.0. The molecule has 0 aliphatic carbocycles. The van der Waals surface area contributed by atoms with Crippen molar-refractivity contribution in [3.05, 3.63) is 40.3 Å². The zero-order valence-electron chi connectivity index (χ0n) is 12.9. The van der Waals surface area contributed by atoms with Crippen molar-refractivity contribution in [1.82, 2.24) is 4.90 Å². The van der Waals surface area contributed by atoms with Crippen molar-refractivity contribution in [3.63, 3.8) is 0 Å². The number of hydrogen-bond donors (Lipinski definition) is 1. The van der Waals surface area contributed by atoms with E-state index < -0.39 is 23.6 Å². The molecule has 1 aliphatic heterocycles. The molecule has 4 nitrogen and oxygen atoms in total. The lowest BCUT2D eigenvalue weighted by molar-refractivity contribution is -0.138. The molecular formula is C16H14F3NO3S2. The Balaban J connectivity index is 2.14. The average Bonchev–Trinajstić information content (AvgIpc) is 2.77. The van der Waals surface area contributed by atoms with Crippen LogP contribution in [-0.2, 0) is 15.8 Å². The van der Waals surface area contributed by atoms with Crippen LogP contribution in [0.2, 0.25) is 0 Å². The van der Waals surface area contributed by atoms with Crippen molar-refractivity contribution in [2.24, 2.45) is 0 Å². The summed E-state index contributed by atoms with van der Waals surface area (Å²) < 4.78 is 39.4. The van der Waals surface area contributed by atoms with E-state index in [1.54, 1.807) is 0 Å². The second-order valence-corrected chi connectivity index (χ2v) is 6.94. The van der Waals surface area contributed by atoms with Crippen LogP contribution >= 0.6 is 24.0 Å². The number of halogens is 3. The normalized spacial score (nSPS) is 16.8. The molecule has 1 amide bonds. The first-order valence-corrected chi connectivity index (χ1v) is 8.56. The van der Waals surface area contributed by atoms with E-state index >= 15 is 0 Å². The van der Waals surface area contributed by atoms with Gasteiger partial charge in [0.15, 0.2) is 0 Å². The number of alkyl halides is 3. The molecule has 0 bridgehead atoms. The van der Waals surface area contributed by atoms with E-state index in [1.807, 2.05) is 0 Å². The molecule has 9 heteroatoms. The van der Waals surface area contributed by atoms with Crippen molar-refractivity contribution in [1.29, 1.82) is 0 Å². The predicted octanol–water partition coefficient (Wildman–Crippen LogP) is 4.16. The standard InChI is InChI=1S/C16H14F3NO3S2/c17-16(18,19)11-6-2-1-5-10(11)9-12-14(23)20(15(24)25-12)8-4-3-7-13(21)22/h1-2,5-6,9H,3-4,7-8H2,(H,21,22)/b12-9+. The number of nitrogens with zero attached hydrogens (tertiary/aromatic N) is 1. The quantitative estimate of drug-likeness (QED) is 0.450. The van der Waals surface area contributed by atoms with Crippen LogP contribution in [0.3, 0.4) is 0 Å². The summed E-state index contributed by atoms with van der Waals surface area (Å²) in [6.07, 6.45) is -2.49. The smallest absolute Gasteiger partial charge is 0.416 e. The fourth-order valence-corrected chi connectivity index (χ4v) is 3.56. The molecule has 0 spiro atoms. The van der Waals surface area contributed by atoms with Gasteiger partial charge < -0.3 is 5.11 Å². The maximum Gasteiger partial charge on any atom is 0.416 e. The number of rotatable bonds is 6. The van der Waals surface area contributed by atoms with Gasteiger partial charge in [-0.25, -0.2) is 0 Å². The number of aliphatic carboxylic acids is 1. The van der Waals surface area contributed by atoms with Crippen LogP contribution in [0.4, 0.5) is 13.2 Å². The van der Waals surface area contributed by atoms with Crippen molar-refractivity contribution in [2.75, 3.05) is 6.54 Å². The van der Waals surface area contributed by atoms with Gasteiger partial charge in [-0.15, -0.1) is 0 Å². The zero-order valence-corrected chi connectivity index (χ0v) is 14.5. The highest BCUT2D eigenvalue weighted by Crippen LogP contribution is 2.37. The lowest BCUT2D eigenvalue weighted by Gasteiger charge is -2.13. The van der Waals surface area contributed by atoms with Gasteiger partial charge in [0.25, 0.3) is 5.91 Å². The first-order valence-electron chi connectivity index (χ1n) is 7.33. The number of amides is 1. The summed E-state index contributed by atoms with van der Waals surface area (Å²) in [5.41, 5.74) is -0.914. The number of unbranched alkanes of at least 4 members (excludes halogenated alkanes) is 1. The van der Waals surface area contributed by atoms with E-state index in [0.29, 0.717) is 12.8 Å². The Hall–Kier alpha value is -1.87. The van der Waals surface area contributed by atoms with Crippen LogP contribution < -0.4 is 0 Å². The summed E-state index contributed by atoms with van der Waals surface area (Å²) in [7, 11) is 0. The fourth-order valence-electron chi connectivity index (χ4n) is 2.26. The summed E-state index contributed by atoms with van der Waals surface area (Å²) >= 11 is 6.05. The van der Waals surface area contributed by atoms with Gasteiger partial charge in [-0.05, 0) is 30.5 Å². The largest absolute Gasteiger partial charge is 0.481 e. The Kier molecular flexibility index (Phi) is 6.23. The number of carbonyl (C=O) groups is 2. The second kappa shape index (κ2) is 8.01. The highest BCUT2D eigenvalue weighted by molar-refractivity contribution is 8.26. The van der Waals surface area contributed by atoms with Crippen LogP contribution in [0, 0.1) is 0 Å². The number of hydrogen-bond acceptors (Lipinski definition) is 4. The van der Waals surface area contributed by atoms with E-state index in [-0.39, 0.29) is 27.8 Å². The van der Waals surface area contributed by atoms with Crippen LogP contribution in [-0.4, -0.2) is 32.7 Å². The van der Waals surface area contributed by atoms with Gasteiger partial charge in [-0.2, -0.15) is 13.2 Å². The lowest BCUT2D eigenvalue weighted by atomic mass is 10.1. The monoisotopic (exact) mass is 389 g/mol. The van der Waals surface area contributed by atoms with Crippen molar-refractivity contribution >= 4 is 46.3 Å². The van der Waals surface area contributed by atoms with Gasteiger partial charge in [-0.3, -0.25) is 14.5 Å². The molecule has 1 saturated heterocycles. The Morgan fingerprint density at radius 1 is 1.28 bits per heavy atom. The third-order valence-electron chi connectivity index (χ3n) is 3.45. The van der Waals surface area contributed by atoms with Crippen molar-refractivity contribution in [3.8, 4) is 0 Å². The first-order chi connectivity index (χ1) is 11.7. The van der Waals surface area contributed by atoms with E-state index in [9.17, 15) is 22.8 Å². The molecule has 0 unspecified atom stereocenters. The van der Waals surface area contributed by atoms with Gasteiger partial charge in [0.2, 0.25) is 0 Å². The Labute approximate surface area is 151 Å². The zero-order chi connectivity index (χ0) is 18.6. The minimum atomic E-state index is -4.52. The topological polar surface area (TPSA) is 57.6 Å². The van der Waals surface area contributed by atoms with Crippen LogP contribution in [0.1, 0.15) is 30.4 Å². The molecule has 0 radical (unpaired) electrons. The highest BCUT2D eigenvalue weighted by Gasteiger charge is 2.35. The van der Waals surface area contributed by atoms with Crippen LogP contribution in [0.25, 0.3) is 6.08 Å². The molecule has 1 N–H and O–H groups in total. The molecule has 0 saturated carbocycles. The minimum absolute atomic E-state index is 0.0103. The van der Waals surface area contributed by atoms with E-state index in [2.05, 4.69) is 0 Å². The molecule has 1 fully saturated rings. The van der Waals surface area contributed by atoms with Crippen molar-refractivity contribution < 1.29 is 27.9 Å². The average molecular weight is 389 g/mol. The Morgan fingerprint density at radius 2 is 1.96 bits per heavy atom. The number of thioether (sulfide) groups is 1. The van der Waals surface area contributed by atoms with Gasteiger partial charge >= 0.3 is 12.1 Å². The van der Waals surface area contributed by atoms with Crippen LogP contribution in [0.15, 0.2) is 29.2 Å². The Bertz CT molecular complexity index is 732. The number of benzene rings is 1. The summed E-state index contributed by atoms with van der Waals surface area (Å²) in [6, 6.07) is 5.00. The molecule has 25 heavy (non-hydrogen) atoms. The summed E-state index contributed by atoms with van der Waals surface area (Å²) in [5.74, 6) is -1.38. The van der Waals surface area contributed by atoms with Gasteiger partial charge in [0.1, 0.15) is 4.32 Å². The minimum Gasteiger partial charge on any atom is -0.481 e. The van der Waals surface area contributed by atoms with Gasteiger partial charge in [0.05, 0.1) is 10.5 Å². The van der Waals surface area contributed by atoms with Crippen molar-refractivity contribution in [2.45, 2.75) is 25.4 Å². The summed E-state index contributed by atoms with van der Waals surface area (Å²) in [5, 5.41) is 8.60. The molecule has 0 atom stereocenters. The molecule has 134 valence electrons. The predicted molar refractivity (Wildman–Crippen MR) is 92.8 cm³/mol. The molecule has 1 aliphatic rings. The fraction of sp³-hybridized carbons (Fsp3) is 0.312. The van der Waals surface area contributed by atoms with E-state index in [4.69, 9.17) is 17.3 Å². The number of carbonyl (C=O) groups excluding carboxylic acids is 1. The molecule has 0 aromatic heterocycles. The van der Waals surface area contributed by atoms with Crippen LogP contribution in [0.5, 0.6) is 0 Å². The summed E-state index contributed by atoms with van der Waals surface area (Å²) in [6.45, 7) is 0.246. The Morgan fingerprint density at radius 3 is 2.60 bits per heavy atom.